The summed E-state index contributed by atoms with van der Waals surface area (Å²) in [5.41, 5.74) is 1.16. The molecule has 1 aromatic carbocycles. The molecular formula is C17H26BrClN2O. The molecule has 1 heterocycles. The van der Waals surface area contributed by atoms with Gasteiger partial charge in [-0.3, -0.25) is 4.79 Å². The van der Waals surface area contributed by atoms with E-state index in [2.05, 4.69) is 59.5 Å². The lowest BCUT2D eigenvalue weighted by Crippen LogP contribution is -2.45. The van der Waals surface area contributed by atoms with Crippen molar-refractivity contribution in [2.24, 2.45) is 5.92 Å². The summed E-state index contributed by atoms with van der Waals surface area (Å²) >= 11 is 3.51. The van der Waals surface area contributed by atoms with E-state index in [0.717, 1.165) is 23.9 Å². The molecule has 1 aromatic rings. The SMILES string of the molecule is C[C@H]1C[C@@H](C(=O)NCC(C)(C)c2cccc(Br)c2)CCN1.Cl. The lowest BCUT2D eigenvalue weighted by atomic mass is 9.84. The first-order valence-electron chi connectivity index (χ1n) is 7.65. The number of halogens is 2. The van der Waals surface area contributed by atoms with Crippen LogP contribution in [0.4, 0.5) is 0 Å². The predicted molar refractivity (Wildman–Crippen MR) is 97.6 cm³/mol. The summed E-state index contributed by atoms with van der Waals surface area (Å²) in [5.74, 6) is 0.353. The maximum Gasteiger partial charge on any atom is 0.223 e. The third-order valence-electron chi connectivity index (χ3n) is 4.31. The van der Waals surface area contributed by atoms with Gasteiger partial charge in [0.05, 0.1) is 0 Å². The van der Waals surface area contributed by atoms with Gasteiger partial charge in [-0.2, -0.15) is 0 Å². The van der Waals surface area contributed by atoms with Crippen LogP contribution in [0, 0.1) is 5.92 Å². The van der Waals surface area contributed by atoms with Crippen LogP contribution in [0.5, 0.6) is 0 Å². The second-order valence-corrected chi connectivity index (χ2v) is 7.60. The summed E-state index contributed by atoms with van der Waals surface area (Å²) in [4.78, 5) is 12.3. The maximum absolute atomic E-state index is 12.3. The van der Waals surface area contributed by atoms with Gasteiger partial charge in [-0.1, -0.05) is 41.9 Å². The molecule has 0 aliphatic carbocycles. The summed E-state index contributed by atoms with van der Waals surface area (Å²) in [5, 5.41) is 6.54. The van der Waals surface area contributed by atoms with Crippen molar-refractivity contribution in [2.45, 2.75) is 45.1 Å². The minimum atomic E-state index is -0.0715. The monoisotopic (exact) mass is 388 g/mol. The lowest BCUT2D eigenvalue weighted by Gasteiger charge is -2.30. The van der Waals surface area contributed by atoms with Gasteiger partial charge in [0.2, 0.25) is 5.91 Å². The minimum Gasteiger partial charge on any atom is -0.355 e. The number of carbonyl (C=O) groups is 1. The van der Waals surface area contributed by atoms with Crippen molar-refractivity contribution in [2.75, 3.05) is 13.1 Å². The van der Waals surface area contributed by atoms with Crippen LogP contribution in [0.1, 0.15) is 39.2 Å². The van der Waals surface area contributed by atoms with Gasteiger partial charge in [0.25, 0.3) is 0 Å². The van der Waals surface area contributed by atoms with E-state index in [9.17, 15) is 4.79 Å². The molecule has 3 nitrogen and oxygen atoms in total. The van der Waals surface area contributed by atoms with E-state index in [4.69, 9.17) is 0 Å². The normalized spacial score (nSPS) is 21.8. The molecule has 1 amide bonds. The van der Waals surface area contributed by atoms with Crippen molar-refractivity contribution in [3.8, 4) is 0 Å². The smallest absolute Gasteiger partial charge is 0.223 e. The maximum atomic E-state index is 12.3. The van der Waals surface area contributed by atoms with Gasteiger partial charge in [-0.05, 0) is 44.0 Å². The van der Waals surface area contributed by atoms with Gasteiger partial charge in [0.15, 0.2) is 0 Å². The predicted octanol–water partition coefficient (Wildman–Crippen LogP) is 3.65. The molecule has 5 heteroatoms. The summed E-state index contributed by atoms with van der Waals surface area (Å²) in [6.07, 6.45) is 1.87. The zero-order chi connectivity index (χ0) is 15.5. The number of nitrogens with one attached hydrogen (secondary N) is 2. The Kier molecular flexibility index (Phi) is 7.36. The van der Waals surface area contributed by atoms with Gasteiger partial charge >= 0.3 is 0 Å². The topological polar surface area (TPSA) is 41.1 Å². The fourth-order valence-corrected chi connectivity index (χ4v) is 3.23. The molecule has 2 N–H and O–H groups in total. The van der Waals surface area contributed by atoms with Gasteiger partial charge in [0.1, 0.15) is 0 Å². The third kappa shape index (κ3) is 5.25. The molecule has 2 atom stereocenters. The Hall–Kier alpha value is -0.580. The van der Waals surface area contributed by atoms with Crippen LogP contribution >= 0.6 is 28.3 Å². The molecule has 1 saturated heterocycles. The molecule has 1 aliphatic rings. The molecule has 0 saturated carbocycles. The van der Waals surface area contributed by atoms with Crippen molar-refractivity contribution >= 4 is 34.2 Å². The lowest BCUT2D eigenvalue weighted by molar-refractivity contribution is -0.126. The number of hydrogen-bond acceptors (Lipinski definition) is 2. The highest BCUT2D eigenvalue weighted by atomic mass is 79.9. The molecule has 0 radical (unpaired) electrons. The third-order valence-corrected chi connectivity index (χ3v) is 4.80. The first-order valence-corrected chi connectivity index (χ1v) is 8.45. The summed E-state index contributed by atoms with van der Waals surface area (Å²) < 4.78 is 1.08. The number of piperidine rings is 1. The van der Waals surface area contributed by atoms with E-state index in [-0.39, 0.29) is 29.6 Å². The van der Waals surface area contributed by atoms with Crippen molar-refractivity contribution in [1.29, 1.82) is 0 Å². The summed E-state index contributed by atoms with van der Waals surface area (Å²) in [7, 11) is 0. The molecular weight excluding hydrogens is 364 g/mol. The Morgan fingerprint density at radius 3 is 2.82 bits per heavy atom. The van der Waals surface area contributed by atoms with Crippen molar-refractivity contribution in [3.63, 3.8) is 0 Å². The molecule has 22 heavy (non-hydrogen) atoms. The van der Waals surface area contributed by atoms with Crippen LogP contribution < -0.4 is 10.6 Å². The average Bonchev–Trinajstić information content (AvgIpc) is 2.45. The molecule has 1 fully saturated rings. The molecule has 0 unspecified atom stereocenters. The molecule has 124 valence electrons. The fourth-order valence-electron chi connectivity index (χ4n) is 2.83. The zero-order valence-electron chi connectivity index (χ0n) is 13.5. The Labute approximate surface area is 148 Å². The van der Waals surface area contributed by atoms with Gasteiger partial charge in [0, 0.05) is 28.4 Å². The van der Waals surface area contributed by atoms with Crippen LogP contribution in [0.2, 0.25) is 0 Å². The molecule has 0 bridgehead atoms. The average molecular weight is 390 g/mol. The highest BCUT2D eigenvalue weighted by molar-refractivity contribution is 9.10. The minimum absolute atomic E-state index is 0. The van der Waals surface area contributed by atoms with E-state index in [1.165, 1.54) is 5.56 Å². The van der Waals surface area contributed by atoms with Gasteiger partial charge < -0.3 is 10.6 Å². The Balaban J connectivity index is 0.00000242. The highest BCUT2D eigenvalue weighted by Gasteiger charge is 2.27. The molecule has 1 aliphatic heterocycles. The first-order chi connectivity index (χ1) is 9.88. The molecule has 0 aromatic heterocycles. The molecule has 0 spiro atoms. The van der Waals surface area contributed by atoms with E-state index in [1.54, 1.807) is 0 Å². The number of amides is 1. The van der Waals surface area contributed by atoms with Crippen LogP contribution in [-0.2, 0) is 10.2 Å². The standard InChI is InChI=1S/C17H25BrN2O.ClH/c1-12-9-13(7-8-19-12)16(21)20-11-17(2,3)14-5-4-6-15(18)10-14;/h4-6,10,12-13,19H,7-9,11H2,1-3H3,(H,20,21);1H/t12-,13-;/m0./s1. The Morgan fingerprint density at radius 1 is 1.45 bits per heavy atom. The summed E-state index contributed by atoms with van der Waals surface area (Å²) in [6.45, 7) is 8.08. The number of carbonyl (C=O) groups excluding carboxylic acids is 1. The Bertz CT molecular complexity index is 507. The van der Waals surface area contributed by atoms with E-state index < -0.39 is 0 Å². The number of hydrogen-bond donors (Lipinski definition) is 2. The Morgan fingerprint density at radius 2 is 2.18 bits per heavy atom. The van der Waals surface area contributed by atoms with Gasteiger partial charge in [-0.25, -0.2) is 0 Å². The zero-order valence-corrected chi connectivity index (χ0v) is 15.9. The van der Waals surface area contributed by atoms with E-state index in [0.29, 0.717) is 12.6 Å². The van der Waals surface area contributed by atoms with Crippen molar-refractivity contribution in [3.05, 3.63) is 34.3 Å². The number of benzene rings is 1. The van der Waals surface area contributed by atoms with E-state index in [1.807, 2.05) is 12.1 Å². The van der Waals surface area contributed by atoms with Crippen LogP contribution in [0.25, 0.3) is 0 Å². The van der Waals surface area contributed by atoms with Crippen LogP contribution in [-0.4, -0.2) is 25.0 Å². The first kappa shape index (κ1) is 19.5. The largest absolute Gasteiger partial charge is 0.355 e. The second kappa shape index (κ2) is 8.32. The van der Waals surface area contributed by atoms with E-state index >= 15 is 0 Å². The quantitative estimate of drug-likeness (QED) is 0.825. The molecule has 2 rings (SSSR count). The summed E-state index contributed by atoms with van der Waals surface area (Å²) in [6, 6.07) is 8.74. The van der Waals surface area contributed by atoms with Crippen molar-refractivity contribution < 1.29 is 4.79 Å². The highest BCUT2D eigenvalue weighted by Crippen LogP contribution is 2.25. The van der Waals surface area contributed by atoms with Crippen molar-refractivity contribution in [1.82, 2.24) is 10.6 Å². The number of rotatable bonds is 4. The van der Waals surface area contributed by atoms with Crippen LogP contribution in [0.15, 0.2) is 28.7 Å². The fraction of sp³-hybridized carbons (Fsp3) is 0.588. The van der Waals surface area contributed by atoms with Crippen LogP contribution in [0.3, 0.4) is 0 Å². The van der Waals surface area contributed by atoms with Gasteiger partial charge in [-0.15, -0.1) is 12.4 Å². The second-order valence-electron chi connectivity index (χ2n) is 6.69.